The molecule has 2 heterocycles. The Labute approximate surface area is 103 Å². The number of hydrogen-bond acceptors (Lipinski definition) is 6. The SMILES string of the molecule is CCNc1ncc(CN2CC(=O)NC(=O)C2)s1. The molecule has 1 aromatic heterocycles. The first kappa shape index (κ1) is 12.0. The number of aromatic nitrogens is 1. The average molecular weight is 254 g/mol. The fourth-order valence-electron chi connectivity index (χ4n) is 1.64. The zero-order valence-electron chi connectivity index (χ0n) is 9.52. The number of imide groups is 1. The van der Waals surface area contributed by atoms with Gasteiger partial charge in [-0.2, -0.15) is 0 Å². The third-order valence-electron chi connectivity index (χ3n) is 2.27. The molecule has 1 aromatic rings. The summed E-state index contributed by atoms with van der Waals surface area (Å²) in [6.45, 7) is 3.95. The van der Waals surface area contributed by atoms with E-state index in [9.17, 15) is 9.59 Å². The van der Waals surface area contributed by atoms with Gasteiger partial charge in [0.2, 0.25) is 11.8 Å². The van der Waals surface area contributed by atoms with Crippen LogP contribution in [0.15, 0.2) is 6.20 Å². The van der Waals surface area contributed by atoms with Crippen molar-refractivity contribution in [2.24, 2.45) is 0 Å². The largest absolute Gasteiger partial charge is 0.362 e. The van der Waals surface area contributed by atoms with Crippen LogP contribution >= 0.6 is 11.3 Å². The summed E-state index contributed by atoms with van der Waals surface area (Å²) in [6.07, 6.45) is 1.78. The van der Waals surface area contributed by atoms with Crippen molar-refractivity contribution in [3.8, 4) is 0 Å². The van der Waals surface area contributed by atoms with Crippen molar-refractivity contribution in [2.45, 2.75) is 13.5 Å². The maximum absolute atomic E-state index is 11.2. The Balaban J connectivity index is 1.95. The van der Waals surface area contributed by atoms with Crippen molar-refractivity contribution in [2.75, 3.05) is 25.0 Å². The van der Waals surface area contributed by atoms with Crippen molar-refractivity contribution in [1.29, 1.82) is 0 Å². The normalized spacial score (nSPS) is 17.0. The van der Waals surface area contributed by atoms with E-state index in [2.05, 4.69) is 15.6 Å². The summed E-state index contributed by atoms with van der Waals surface area (Å²) in [7, 11) is 0. The van der Waals surface area contributed by atoms with E-state index in [1.165, 1.54) is 0 Å². The van der Waals surface area contributed by atoms with E-state index in [-0.39, 0.29) is 24.9 Å². The Morgan fingerprint density at radius 2 is 2.18 bits per heavy atom. The Bertz CT molecular complexity index is 416. The van der Waals surface area contributed by atoms with Crippen LogP contribution in [0.2, 0.25) is 0 Å². The molecule has 0 bridgehead atoms. The molecule has 6 nitrogen and oxygen atoms in total. The van der Waals surface area contributed by atoms with Gasteiger partial charge in [-0.25, -0.2) is 4.98 Å². The van der Waals surface area contributed by atoms with Crippen LogP contribution in [0.1, 0.15) is 11.8 Å². The second-order valence-corrected chi connectivity index (χ2v) is 4.89. The summed E-state index contributed by atoms with van der Waals surface area (Å²) in [4.78, 5) is 29.4. The van der Waals surface area contributed by atoms with Crippen LogP contribution in [0, 0.1) is 0 Å². The minimum absolute atomic E-state index is 0.238. The Hall–Kier alpha value is -1.47. The highest BCUT2D eigenvalue weighted by Gasteiger charge is 2.22. The van der Waals surface area contributed by atoms with E-state index in [1.807, 2.05) is 11.8 Å². The van der Waals surface area contributed by atoms with Crippen LogP contribution < -0.4 is 10.6 Å². The first-order valence-electron chi connectivity index (χ1n) is 5.41. The van der Waals surface area contributed by atoms with Crippen molar-refractivity contribution in [3.05, 3.63) is 11.1 Å². The lowest BCUT2D eigenvalue weighted by Crippen LogP contribution is -2.50. The maximum Gasteiger partial charge on any atom is 0.240 e. The molecule has 2 N–H and O–H groups in total. The van der Waals surface area contributed by atoms with E-state index in [1.54, 1.807) is 17.5 Å². The number of rotatable bonds is 4. The summed E-state index contributed by atoms with van der Waals surface area (Å²) < 4.78 is 0. The second kappa shape index (κ2) is 5.24. The molecule has 1 fully saturated rings. The van der Waals surface area contributed by atoms with Gasteiger partial charge >= 0.3 is 0 Å². The van der Waals surface area contributed by atoms with E-state index in [4.69, 9.17) is 0 Å². The second-order valence-electron chi connectivity index (χ2n) is 3.78. The summed E-state index contributed by atoms with van der Waals surface area (Å²) in [5.41, 5.74) is 0. The summed E-state index contributed by atoms with van der Waals surface area (Å²) in [5.74, 6) is -0.477. The zero-order valence-corrected chi connectivity index (χ0v) is 10.3. The van der Waals surface area contributed by atoms with E-state index in [0.717, 1.165) is 16.6 Å². The summed E-state index contributed by atoms with van der Waals surface area (Å²) >= 11 is 1.55. The number of nitrogens with one attached hydrogen (secondary N) is 2. The molecule has 2 amide bonds. The van der Waals surface area contributed by atoms with Gasteiger partial charge in [0.1, 0.15) is 0 Å². The molecular formula is C10H14N4O2S. The Morgan fingerprint density at radius 3 is 2.82 bits per heavy atom. The summed E-state index contributed by atoms with van der Waals surface area (Å²) in [5, 5.41) is 6.27. The van der Waals surface area contributed by atoms with Crippen molar-refractivity contribution < 1.29 is 9.59 Å². The van der Waals surface area contributed by atoms with Gasteiger partial charge in [-0.05, 0) is 6.92 Å². The van der Waals surface area contributed by atoms with Crippen LogP contribution in [-0.4, -0.2) is 41.3 Å². The van der Waals surface area contributed by atoms with Crippen LogP contribution in [0.4, 0.5) is 5.13 Å². The summed E-state index contributed by atoms with van der Waals surface area (Å²) in [6, 6.07) is 0. The van der Waals surface area contributed by atoms with Crippen LogP contribution in [-0.2, 0) is 16.1 Å². The topological polar surface area (TPSA) is 74.3 Å². The van der Waals surface area contributed by atoms with Gasteiger partial charge in [-0.3, -0.25) is 19.8 Å². The standard InChI is InChI=1S/C10H14N4O2S/c1-2-11-10-12-3-7(17-10)4-14-5-8(15)13-9(16)6-14/h3H,2,4-6H2,1H3,(H,11,12)(H,13,15,16). The van der Waals surface area contributed by atoms with E-state index in [0.29, 0.717) is 6.54 Å². The molecule has 1 aliphatic heterocycles. The number of hydrogen-bond donors (Lipinski definition) is 2. The number of thiazole rings is 1. The fraction of sp³-hybridized carbons (Fsp3) is 0.500. The van der Waals surface area contributed by atoms with Gasteiger partial charge in [0.25, 0.3) is 0 Å². The molecule has 17 heavy (non-hydrogen) atoms. The number of piperazine rings is 1. The molecule has 7 heteroatoms. The monoisotopic (exact) mass is 254 g/mol. The van der Waals surface area contributed by atoms with Gasteiger partial charge in [-0.1, -0.05) is 0 Å². The zero-order chi connectivity index (χ0) is 12.3. The quantitative estimate of drug-likeness (QED) is 0.742. The van der Waals surface area contributed by atoms with Crippen LogP contribution in [0.5, 0.6) is 0 Å². The lowest BCUT2D eigenvalue weighted by molar-refractivity contribution is -0.136. The third-order valence-corrected chi connectivity index (χ3v) is 3.21. The number of amides is 2. The molecular weight excluding hydrogens is 240 g/mol. The number of carbonyl (C=O) groups is 2. The highest BCUT2D eigenvalue weighted by Crippen LogP contribution is 2.19. The lowest BCUT2D eigenvalue weighted by Gasteiger charge is -2.24. The molecule has 92 valence electrons. The van der Waals surface area contributed by atoms with Gasteiger partial charge in [-0.15, -0.1) is 11.3 Å². The first-order chi connectivity index (χ1) is 8.17. The fourth-order valence-corrected chi connectivity index (χ4v) is 2.57. The maximum atomic E-state index is 11.2. The average Bonchev–Trinajstić information content (AvgIpc) is 2.64. The van der Waals surface area contributed by atoms with Crippen LogP contribution in [0.25, 0.3) is 0 Å². The molecule has 0 saturated carbocycles. The smallest absolute Gasteiger partial charge is 0.240 e. The predicted octanol–water partition coefficient (Wildman–Crippen LogP) is 0.0333. The van der Waals surface area contributed by atoms with E-state index >= 15 is 0 Å². The Kier molecular flexibility index (Phi) is 3.70. The first-order valence-corrected chi connectivity index (χ1v) is 6.22. The Morgan fingerprint density at radius 1 is 1.47 bits per heavy atom. The van der Waals surface area contributed by atoms with Crippen LogP contribution in [0.3, 0.4) is 0 Å². The highest BCUT2D eigenvalue weighted by atomic mass is 32.1. The van der Waals surface area contributed by atoms with Crippen molar-refractivity contribution in [1.82, 2.24) is 15.2 Å². The van der Waals surface area contributed by atoms with E-state index < -0.39 is 0 Å². The van der Waals surface area contributed by atoms with Gasteiger partial charge in [0.05, 0.1) is 13.1 Å². The number of carbonyl (C=O) groups excluding carboxylic acids is 2. The highest BCUT2D eigenvalue weighted by molar-refractivity contribution is 7.15. The molecule has 2 rings (SSSR count). The molecule has 0 aromatic carbocycles. The minimum atomic E-state index is -0.238. The lowest BCUT2D eigenvalue weighted by atomic mass is 10.3. The van der Waals surface area contributed by atoms with Gasteiger partial charge in [0, 0.05) is 24.2 Å². The van der Waals surface area contributed by atoms with Crippen molar-refractivity contribution >= 4 is 28.3 Å². The minimum Gasteiger partial charge on any atom is -0.362 e. The molecule has 0 spiro atoms. The molecule has 0 radical (unpaired) electrons. The molecule has 0 unspecified atom stereocenters. The molecule has 0 aliphatic carbocycles. The molecule has 1 saturated heterocycles. The number of anilines is 1. The number of nitrogens with zero attached hydrogens (tertiary/aromatic N) is 2. The molecule has 1 aliphatic rings. The van der Waals surface area contributed by atoms with Gasteiger partial charge < -0.3 is 5.32 Å². The molecule has 0 atom stereocenters. The third kappa shape index (κ3) is 3.24. The van der Waals surface area contributed by atoms with Crippen molar-refractivity contribution in [3.63, 3.8) is 0 Å². The van der Waals surface area contributed by atoms with Gasteiger partial charge in [0.15, 0.2) is 5.13 Å². The predicted molar refractivity (Wildman–Crippen MR) is 64.7 cm³/mol.